The van der Waals surface area contributed by atoms with Crippen molar-refractivity contribution in [3.8, 4) is 5.75 Å². The Morgan fingerprint density at radius 2 is 1.62 bits per heavy atom. The van der Waals surface area contributed by atoms with Crippen LogP contribution in [0.25, 0.3) is 0 Å². The van der Waals surface area contributed by atoms with Crippen molar-refractivity contribution in [2.75, 3.05) is 6.61 Å². The largest absolute Gasteiger partial charge is 0.462 e. The van der Waals surface area contributed by atoms with Gasteiger partial charge in [0.25, 0.3) is 0 Å². The number of esters is 2. The summed E-state index contributed by atoms with van der Waals surface area (Å²) in [6.45, 7) is 4.40. The van der Waals surface area contributed by atoms with Crippen LogP contribution in [0, 0.1) is 6.92 Å². The lowest BCUT2D eigenvalue weighted by Gasteiger charge is -2.10. The average Bonchev–Trinajstić information content (AvgIpc) is 2.59. The van der Waals surface area contributed by atoms with E-state index in [1.165, 1.54) is 0 Å². The summed E-state index contributed by atoms with van der Waals surface area (Å²) in [5, 5.41) is 0. The van der Waals surface area contributed by atoms with Crippen LogP contribution in [0.1, 0.15) is 52.5 Å². The van der Waals surface area contributed by atoms with E-state index in [4.69, 9.17) is 9.47 Å². The topological polar surface area (TPSA) is 52.6 Å². The Morgan fingerprint density at radius 3 is 2.33 bits per heavy atom. The zero-order chi connectivity index (χ0) is 17.4. The van der Waals surface area contributed by atoms with Crippen molar-refractivity contribution in [3.05, 3.63) is 65.2 Å². The minimum Gasteiger partial charge on any atom is -0.462 e. The molecule has 0 spiro atoms. The Balaban J connectivity index is 2.06. The smallest absolute Gasteiger partial charge is 0.343 e. The highest BCUT2D eigenvalue weighted by Crippen LogP contribution is 2.20. The van der Waals surface area contributed by atoms with Crippen molar-refractivity contribution in [1.29, 1.82) is 0 Å². The highest BCUT2D eigenvalue weighted by Gasteiger charge is 2.17. The lowest BCUT2D eigenvalue weighted by molar-refractivity contribution is 0.0493. The molecule has 4 nitrogen and oxygen atoms in total. The Kier molecular flexibility index (Phi) is 6.55. The second kappa shape index (κ2) is 8.87. The van der Waals surface area contributed by atoms with Crippen LogP contribution < -0.4 is 4.74 Å². The Hall–Kier alpha value is -2.62. The molecule has 0 unspecified atom stereocenters. The number of para-hydroxylation sites is 1. The number of unbranched alkanes of at least 4 members (excludes halogenated alkanes) is 2. The summed E-state index contributed by atoms with van der Waals surface area (Å²) in [5.41, 5.74) is 1.75. The fourth-order valence-corrected chi connectivity index (χ4v) is 2.17. The van der Waals surface area contributed by atoms with Gasteiger partial charge in [0.05, 0.1) is 12.2 Å². The van der Waals surface area contributed by atoms with Gasteiger partial charge in [-0.2, -0.15) is 0 Å². The first-order valence-corrected chi connectivity index (χ1v) is 8.17. The van der Waals surface area contributed by atoms with E-state index in [9.17, 15) is 9.59 Å². The molecule has 4 heteroatoms. The third-order valence-corrected chi connectivity index (χ3v) is 3.58. The molecule has 0 bridgehead atoms. The summed E-state index contributed by atoms with van der Waals surface area (Å²) >= 11 is 0. The van der Waals surface area contributed by atoms with Crippen molar-refractivity contribution in [2.24, 2.45) is 0 Å². The van der Waals surface area contributed by atoms with Crippen LogP contribution in [-0.2, 0) is 4.74 Å². The highest BCUT2D eigenvalue weighted by atomic mass is 16.5. The van der Waals surface area contributed by atoms with E-state index in [1.807, 2.05) is 19.1 Å². The van der Waals surface area contributed by atoms with Crippen LogP contribution in [0.5, 0.6) is 5.75 Å². The van der Waals surface area contributed by atoms with Crippen LogP contribution >= 0.6 is 0 Å². The average molecular weight is 326 g/mol. The van der Waals surface area contributed by atoms with E-state index < -0.39 is 11.9 Å². The lowest BCUT2D eigenvalue weighted by atomic mass is 10.1. The van der Waals surface area contributed by atoms with Gasteiger partial charge in [-0.3, -0.25) is 0 Å². The van der Waals surface area contributed by atoms with Crippen LogP contribution in [0.4, 0.5) is 0 Å². The molecular weight excluding hydrogens is 304 g/mol. The molecule has 2 rings (SSSR count). The van der Waals surface area contributed by atoms with Gasteiger partial charge in [-0.1, -0.05) is 49.6 Å². The zero-order valence-electron chi connectivity index (χ0n) is 14.1. The molecule has 2 aromatic rings. The van der Waals surface area contributed by atoms with Gasteiger partial charge >= 0.3 is 11.9 Å². The number of benzene rings is 2. The maximum absolute atomic E-state index is 12.2. The van der Waals surface area contributed by atoms with E-state index in [0.29, 0.717) is 12.2 Å². The van der Waals surface area contributed by atoms with E-state index >= 15 is 0 Å². The van der Waals surface area contributed by atoms with E-state index in [0.717, 1.165) is 24.8 Å². The van der Waals surface area contributed by atoms with Gasteiger partial charge in [0.1, 0.15) is 11.3 Å². The number of aryl methyl sites for hydroxylation is 1. The summed E-state index contributed by atoms with van der Waals surface area (Å²) in [7, 11) is 0. The molecule has 0 aliphatic rings. The van der Waals surface area contributed by atoms with Crippen molar-refractivity contribution in [3.63, 3.8) is 0 Å². The molecule has 24 heavy (non-hydrogen) atoms. The highest BCUT2D eigenvalue weighted by molar-refractivity contribution is 5.96. The van der Waals surface area contributed by atoms with Gasteiger partial charge in [0, 0.05) is 0 Å². The Labute approximate surface area is 142 Å². The molecule has 0 saturated carbocycles. The number of ether oxygens (including phenoxy) is 2. The molecule has 0 atom stereocenters. The predicted octanol–water partition coefficient (Wildman–Crippen LogP) is 4.56. The second-order valence-corrected chi connectivity index (χ2v) is 5.59. The normalized spacial score (nSPS) is 10.2. The zero-order valence-corrected chi connectivity index (χ0v) is 14.1. The molecule has 0 fully saturated rings. The van der Waals surface area contributed by atoms with Crippen molar-refractivity contribution >= 4 is 11.9 Å². The summed E-state index contributed by atoms with van der Waals surface area (Å²) in [5.74, 6) is -0.761. The maximum atomic E-state index is 12.2. The molecule has 0 aliphatic carbocycles. The minimum atomic E-state index is -0.499. The second-order valence-electron chi connectivity index (χ2n) is 5.59. The molecule has 0 amide bonds. The van der Waals surface area contributed by atoms with Gasteiger partial charge < -0.3 is 9.47 Å². The maximum Gasteiger partial charge on any atom is 0.343 e. The van der Waals surface area contributed by atoms with Gasteiger partial charge in [0.15, 0.2) is 0 Å². The predicted molar refractivity (Wildman–Crippen MR) is 92.4 cm³/mol. The first kappa shape index (κ1) is 17.7. The van der Waals surface area contributed by atoms with Crippen LogP contribution in [-0.4, -0.2) is 18.5 Å². The summed E-state index contributed by atoms with van der Waals surface area (Å²) < 4.78 is 10.6. The van der Waals surface area contributed by atoms with Crippen molar-refractivity contribution in [2.45, 2.75) is 33.1 Å². The molecule has 0 radical (unpaired) electrons. The molecule has 2 aromatic carbocycles. The fraction of sp³-hybridized carbons (Fsp3) is 0.300. The van der Waals surface area contributed by atoms with Gasteiger partial charge in [-0.25, -0.2) is 9.59 Å². The van der Waals surface area contributed by atoms with E-state index in [1.54, 1.807) is 36.4 Å². The van der Waals surface area contributed by atoms with Crippen LogP contribution in [0.15, 0.2) is 48.5 Å². The SMILES string of the molecule is CCCCCOC(=O)c1ccccc1OC(=O)c1ccc(C)cc1. The molecule has 0 N–H and O–H groups in total. The third kappa shape index (κ3) is 4.95. The lowest BCUT2D eigenvalue weighted by Crippen LogP contribution is -2.13. The molecule has 0 aromatic heterocycles. The van der Waals surface area contributed by atoms with Crippen LogP contribution in [0.2, 0.25) is 0 Å². The standard InChI is InChI=1S/C20H22O4/c1-3-4-7-14-23-20(22)17-8-5-6-9-18(17)24-19(21)16-12-10-15(2)11-13-16/h5-6,8-13H,3-4,7,14H2,1-2H3. The molecule has 0 saturated heterocycles. The first-order valence-electron chi connectivity index (χ1n) is 8.17. The van der Waals surface area contributed by atoms with Crippen molar-refractivity contribution < 1.29 is 19.1 Å². The molecule has 0 heterocycles. The number of hydrogen-bond acceptors (Lipinski definition) is 4. The van der Waals surface area contributed by atoms with Gasteiger partial charge in [-0.05, 0) is 37.6 Å². The monoisotopic (exact) mass is 326 g/mol. The molecule has 0 aliphatic heterocycles. The first-order chi connectivity index (χ1) is 11.6. The molecular formula is C20H22O4. The number of carbonyl (C=O) groups is 2. The number of carbonyl (C=O) groups excluding carboxylic acids is 2. The summed E-state index contributed by atoms with van der Waals surface area (Å²) in [6, 6.07) is 13.7. The number of hydrogen-bond donors (Lipinski definition) is 0. The van der Waals surface area contributed by atoms with Gasteiger partial charge in [0.2, 0.25) is 0 Å². The van der Waals surface area contributed by atoms with Crippen LogP contribution in [0.3, 0.4) is 0 Å². The summed E-state index contributed by atoms with van der Waals surface area (Å²) in [6.07, 6.45) is 2.90. The fourth-order valence-electron chi connectivity index (χ4n) is 2.17. The third-order valence-electron chi connectivity index (χ3n) is 3.58. The minimum absolute atomic E-state index is 0.212. The Bertz CT molecular complexity index is 689. The van der Waals surface area contributed by atoms with E-state index in [-0.39, 0.29) is 11.3 Å². The molecule has 126 valence electrons. The van der Waals surface area contributed by atoms with Gasteiger partial charge in [-0.15, -0.1) is 0 Å². The van der Waals surface area contributed by atoms with Crippen molar-refractivity contribution in [1.82, 2.24) is 0 Å². The Morgan fingerprint density at radius 1 is 0.917 bits per heavy atom. The summed E-state index contributed by atoms with van der Waals surface area (Å²) in [4.78, 5) is 24.4. The quantitative estimate of drug-likeness (QED) is 0.425. The number of rotatable bonds is 7. The van der Waals surface area contributed by atoms with E-state index in [2.05, 4.69) is 6.92 Å².